The number of hydrogen-bond donors (Lipinski definition) is 1. The van der Waals surface area contributed by atoms with Crippen molar-refractivity contribution in [3.8, 4) is 0 Å². The molecule has 7 heteroatoms. The number of nitrogens with zero attached hydrogens (tertiary/aromatic N) is 2. The van der Waals surface area contributed by atoms with Crippen molar-refractivity contribution in [2.24, 2.45) is 5.92 Å². The molecule has 0 atom stereocenters. The van der Waals surface area contributed by atoms with Gasteiger partial charge in [-0.05, 0) is 40.8 Å². The van der Waals surface area contributed by atoms with Gasteiger partial charge in [-0.3, -0.25) is 10.1 Å². The van der Waals surface area contributed by atoms with E-state index in [-0.39, 0.29) is 16.3 Å². The Morgan fingerprint density at radius 3 is 2.74 bits per heavy atom. The summed E-state index contributed by atoms with van der Waals surface area (Å²) in [6, 6.07) is 2.34. The smallest absolute Gasteiger partial charge is 0.295 e. The first kappa shape index (κ1) is 14.2. The highest BCUT2D eigenvalue weighted by Crippen LogP contribution is 2.35. The fraction of sp³-hybridized carbons (Fsp3) is 0.500. The highest BCUT2D eigenvalue weighted by molar-refractivity contribution is 9.10. The van der Waals surface area contributed by atoms with Crippen LogP contribution in [-0.2, 0) is 0 Å². The van der Waals surface area contributed by atoms with Gasteiger partial charge in [-0.25, -0.2) is 4.39 Å². The van der Waals surface area contributed by atoms with E-state index in [1.807, 2.05) is 0 Å². The fourth-order valence-corrected chi connectivity index (χ4v) is 2.64. The van der Waals surface area contributed by atoms with Crippen LogP contribution >= 0.6 is 15.9 Å². The van der Waals surface area contributed by atoms with Gasteiger partial charge in [0, 0.05) is 13.6 Å². The molecule has 0 amide bonds. The van der Waals surface area contributed by atoms with Crippen LogP contribution in [0, 0.1) is 21.8 Å². The number of halogens is 2. The van der Waals surface area contributed by atoms with Gasteiger partial charge in [0.25, 0.3) is 5.69 Å². The zero-order chi connectivity index (χ0) is 14.2. The summed E-state index contributed by atoms with van der Waals surface area (Å²) < 4.78 is 13.6. The Balaban J connectivity index is 2.22. The van der Waals surface area contributed by atoms with E-state index in [0.717, 1.165) is 6.07 Å². The highest BCUT2D eigenvalue weighted by Gasteiger charge is 2.30. The number of aliphatic hydroxyl groups is 1. The van der Waals surface area contributed by atoms with Crippen LogP contribution < -0.4 is 4.90 Å². The number of aliphatic hydroxyl groups excluding tert-OH is 1. The maximum absolute atomic E-state index is 13.4. The second-order valence-electron chi connectivity index (χ2n) is 4.88. The molecule has 0 unspecified atom stereocenters. The molecule has 1 aliphatic carbocycles. The summed E-state index contributed by atoms with van der Waals surface area (Å²) in [6.45, 7) is 0.607. The van der Waals surface area contributed by atoms with Crippen molar-refractivity contribution in [2.75, 3.05) is 18.5 Å². The monoisotopic (exact) mass is 332 g/mol. The third-order valence-corrected chi connectivity index (χ3v) is 3.98. The van der Waals surface area contributed by atoms with Crippen LogP contribution in [0.3, 0.4) is 0 Å². The number of rotatable bonds is 4. The van der Waals surface area contributed by atoms with Crippen LogP contribution in [0.2, 0.25) is 0 Å². The Labute approximate surface area is 118 Å². The molecule has 0 heterocycles. The molecule has 1 aliphatic rings. The van der Waals surface area contributed by atoms with E-state index in [1.165, 1.54) is 6.07 Å². The molecular formula is C12H14BrFN2O3. The summed E-state index contributed by atoms with van der Waals surface area (Å²) in [5.74, 6) is -0.327. The SMILES string of the molecule is CN(CC1CC(O)C1)c1cc(Br)c(F)cc1[N+](=O)[O-]. The van der Waals surface area contributed by atoms with Gasteiger partial charge in [-0.2, -0.15) is 0 Å². The maximum Gasteiger partial charge on any atom is 0.295 e. The average molecular weight is 333 g/mol. The van der Waals surface area contributed by atoms with Gasteiger partial charge < -0.3 is 10.0 Å². The van der Waals surface area contributed by atoms with Crippen LogP contribution in [0.4, 0.5) is 15.8 Å². The predicted octanol–water partition coefficient (Wildman–Crippen LogP) is 2.70. The van der Waals surface area contributed by atoms with E-state index >= 15 is 0 Å². The topological polar surface area (TPSA) is 66.6 Å². The Morgan fingerprint density at radius 2 is 2.21 bits per heavy atom. The van der Waals surface area contributed by atoms with E-state index in [1.54, 1.807) is 11.9 Å². The second kappa shape index (κ2) is 5.42. The van der Waals surface area contributed by atoms with Gasteiger partial charge in [0.1, 0.15) is 11.5 Å². The molecule has 0 aromatic heterocycles. The first-order chi connectivity index (χ1) is 8.88. The Kier molecular flexibility index (Phi) is 4.05. The lowest BCUT2D eigenvalue weighted by atomic mass is 9.82. The summed E-state index contributed by atoms with van der Waals surface area (Å²) in [6.07, 6.45) is 1.16. The van der Waals surface area contributed by atoms with E-state index in [2.05, 4.69) is 15.9 Å². The van der Waals surface area contributed by atoms with E-state index < -0.39 is 10.7 Å². The number of benzene rings is 1. The minimum absolute atomic E-state index is 0.202. The van der Waals surface area contributed by atoms with Gasteiger partial charge >= 0.3 is 0 Å². The molecule has 1 aromatic rings. The third kappa shape index (κ3) is 3.03. The van der Waals surface area contributed by atoms with Gasteiger partial charge in [0.15, 0.2) is 0 Å². The summed E-state index contributed by atoms with van der Waals surface area (Å²) in [4.78, 5) is 12.1. The first-order valence-electron chi connectivity index (χ1n) is 5.91. The minimum atomic E-state index is -0.650. The van der Waals surface area contributed by atoms with Crippen LogP contribution in [-0.4, -0.2) is 29.7 Å². The van der Waals surface area contributed by atoms with Crippen LogP contribution in [0.25, 0.3) is 0 Å². The number of nitro groups is 1. The minimum Gasteiger partial charge on any atom is -0.393 e. The zero-order valence-electron chi connectivity index (χ0n) is 10.3. The van der Waals surface area contributed by atoms with Crippen molar-refractivity contribution in [3.63, 3.8) is 0 Å². The summed E-state index contributed by atoms with van der Waals surface area (Å²) in [5, 5.41) is 20.2. The molecular weight excluding hydrogens is 319 g/mol. The number of nitro benzene ring substituents is 1. The first-order valence-corrected chi connectivity index (χ1v) is 6.70. The molecule has 0 spiro atoms. The van der Waals surface area contributed by atoms with Crippen LogP contribution in [0.15, 0.2) is 16.6 Å². The molecule has 1 aromatic carbocycles. The predicted molar refractivity (Wildman–Crippen MR) is 72.8 cm³/mol. The van der Waals surface area contributed by atoms with Crippen molar-refractivity contribution in [1.82, 2.24) is 0 Å². The third-order valence-electron chi connectivity index (χ3n) is 3.37. The molecule has 104 valence electrons. The lowest BCUT2D eigenvalue weighted by molar-refractivity contribution is -0.384. The van der Waals surface area contributed by atoms with Crippen molar-refractivity contribution in [3.05, 3.63) is 32.5 Å². The Bertz CT molecular complexity index is 506. The number of hydrogen-bond acceptors (Lipinski definition) is 4. The molecule has 5 nitrogen and oxygen atoms in total. The average Bonchev–Trinajstić information content (AvgIpc) is 2.29. The fourth-order valence-electron chi connectivity index (χ4n) is 2.31. The van der Waals surface area contributed by atoms with E-state index in [0.29, 0.717) is 31.0 Å². The van der Waals surface area contributed by atoms with Crippen LogP contribution in [0.1, 0.15) is 12.8 Å². The largest absolute Gasteiger partial charge is 0.393 e. The lowest BCUT2D eigenvalue weighted by Crippen LogP contribution is -2.37. The Hall–Kier alpha value is -1.21. The summed E-state index contributed by atoms with van der Waals surface area (Å²) >= 11 is 3.04. The second-order valence-corrected chi connectivity index (χ2v) is 5.74. The quantitative estimate of drug-likeness (QED) is 0.680. The van der Waals surface area contributed by atoms with Gasteiger partial charge in [0.2, 0.25) is 0 Å². The summed E-state index contributed by atoms with van der Waals surface area (Å²) in [5.41, 5.74) is 0.128. The summed E-state index contributed by atoms with van der Waals surface area (Å²) in [7, 11) is 1.73. The van der Waals surface area contributed by atoms with Crippen molar-refractivity contribution in [1.29, 1.82) is 0 Å². The zero-order valence-corrected chi connectivity index (χ0v) is 11.9. The van der Waals surface area contributed by atoms with Crippen molar-refractivity contribution >= 4 is 27.3 Å². The van der Waals surface area contributed by atoms with Crippen LogP contribution in [0.5, 0.6) is 0 Å². The molecule has 0 bridgehead atoms. The van der Waals surface area contributed by atoms with Crippen molar-refractivity contribution in [2.45, 2.75) is 18.9 Å². The standard InChI is InChI=1S/C12H14BrFN2O3/c1-15(6-7-2-8(17)3-7)11-4-9(13)10(14)5-12(11)16(18)19/h4-5,7-8,17H,2-3,6H2,1H3. The van der Waals surface area contributed by atoms with Crippen molar-refractivity contribution < 1.29 is 14.4 Å². The molecule has 0 radical (unpaired) electrons. The Morgan fingerprint density at radius 1 is 1.58 bits per heavy atom. The molecule has 1 N–H and O–H groups in total. The highest BCUT2D eigenvalue weighted by atomic mass is 79.9. The molecule has 0 saturated heterocycles. The lowest BCUT2D eigenvalue weighted by Gasteiger charge is -2.35. The van der Waals surface area contributed by atoms with Gasteiger partial charge in [-0.15, -0.1) is 0 Å². The van der Waals surface area contributed by atoms with Gasteiger partial charge in [0.05, 0.1) is 21.6 Å². The normalized spacial score (nSPS) is 21.9. The number of anilines is 1. The molecule has 1 fully saturated rings. The molecule has 0 aliphatic heterocycles. The molecule has 19 heavy (non-hydrogen) atoms. The van der Waals surface area contributed by atoms with E-state index in [9.17, 15) is 19.6 Å². The maximum atomic E-state index is 13.4. The molecule has 2 rings (SSSR count). The molecule has 1 saturated carbocycles. The van der Waals surface area contributed by atoms with Gasteiger partial charge in [-0.1, -0.05) is 0 Å². The van der Waals surface area contributed by atoms with E-state index in [4.69, 9.17) is 0 Å².